The van der Waals surface area contributed by atoms with Crippen LogP contribution in [0.1, 0.15) is 67.4 Å². The fraction of sp³-hybridized carbons (Fsp3) is 0.583. The van der Waals surface area contributed by atoms with Crippen LogP contribution in [-0.4, -0.2) is 82.9 Å². The maximum absolute atomic E-state index is 12.9. The van der Waals surface area contributed by atoms with Gasteiger partial charge in [-0.3, -0.25) is 13.8 Å². The number of nitrogens with one attached hydrogen (secondary N) is 1. The van der Waals surface area contributed by atoms with Crippen molar-refractivity contribution in [3.05, 3.63) is 76.3 Å². The number of aliphatic hydroxyl groups excluding tert-OH is 1. The summed E-state index contributed by atoms with van der Waals surface area (Å²) < 4.78 is 24.1. The molecule has 1 amide bonds. The van der Waals surface area contributed by atoms with Crippen molar-refractivity contribution in [2.45, 2.75) is 69.1 Å². The highest BCUT2D eigenvalue weighted by atomic mass is 35.5. The highest BCUT2D eigenvalue weighted by Crippen LogP contribution is 2.42. The molecule has 2 aromatic rings. The second-order valence-corrected chi connectivity index (χ2v) is 16.6. The number of nitrogens with zero attached hydrogens (tertiary/aromatic N) is 2. The van der Waals surface area contributed by atoms with Crippen LogP contribution in [0.25, 0.3) is 0 Å². The molecule has 254 valence electrons. The van der Waals surface area contributed by atoms with E-state index in [-0.39, 0.29) is 28.4 Å². The summed E-state index contributed by atoms with van der Waals surface area (Å²) in [6.45, 7) is 6.20. The summed E-state index contributed by atoms with van der Waals surface area (Å²) in [5.74, 6) is 1.10. The molecule has 2 aliphatic heterocycles. The van der Waals surface area contributed by atoms with E-state index in [1.54, 1.807) is 24.1 Å². The molecular weight excluding hydrogens is 638 g/mol. The summed E-state index contributed by atoms with van der Waals surface area (Å²) >= 11 is 8.11. The van der Waals surface area contributed by atoms with E-state index in [2.05, 4.69) is 28.8 Å². The number of aliphatic hydroxyl groups is 1. The van der Waals surface area contributed by atoms with Crippen LogP contribution in [0.2, 0.25) is 5.02 Å². The SMILES string of the molecule is CC1C/C=C/C(O)C2CCC2CN(C)C[C@@]2(CCCc3cc(Cl)ccc32)COc2ccc(cc2)C(=O)NS(=O)C1C.CSN(C)C. The van der Waals surface area contributed by atoms with Crippen LogP contribution in [0, 0.1) is 17.8 Å². The number of fused-ring (bicyclic) bond motifs is 13. The molecule has 4 aliphatic rings. The summed E-state index contributed by atoms with van der Waals surface area (Å²) in [5, 5.41) is 11.5. The summed E-state index contributed by atoms with van der Waals surface area (Å²) in [6.07, 6.45) is 11.4. The van der Waals surface area contributed by atoms with E-state index in [1.165, 1.54) is 11.1 Å². The van der Waals surface area contributed by atoms with E-state index < -0.39 is 17.1 Å². The smallest absolute Gasteiger partial charge is 0.262 e. The second kappa shape index (κ2) is 17.0. The van der Waals surface area contributed by atoms with E-state index in [9.17, 15) is 14.1 Å². The van der Waals surface area contributed by atoms with Gasteiger partial charge in [0.15, 0.2) is 0 Å². The lowest BCUT2D eigenvalue weighted by molar-refractivity contribution is 0.0197. The van der Waals surface area contributed by atoms with Crippen molar-refractivity contribution < 1.29 is 18.8 Å². The Morgan fingerprint density at radius 3 is 2.52 bits per heavy atom. The standard InChI is InChI=1S/C33H43ClN2O4S.C3H9NS/c1-22-6-4-8-31(37)29-15-11-26(29)19-36(3)20-33(17-5-7-25-18-27(34)12-16-30(25)33)21-40-28-13-9-24(10-14-28)32(38)35-41(39)23(22)2;1-4(2)5-3/h4,8-10,12-14,16,18,22-23,26,29,31,37H,5-7,11,15,17,19-21H2,1-3H3,(H,35,38);1-3H3/b8-4+;/t22?,23?,26?,29?,31?,33-,41?;/m0./s1. The number of halogens is 1. The van der Waals surface area contributed by atoms with Gasteiger partial charge in [0.1, 0.15) is 16.7 Å². The van der Waals surface area contributed by atoms with Gasteiger partial charge in [0, 0.05) is 29.1 Å². The minimum Gasteiger partial charge on any atom is -0.493 e. The number of aryl methyl sites for hydroxylation is 1. The molecule has 1 saturated carbocycles. The third-order valence-corrected chi connectivity index (χ3v) is 12.4. The Hall–Kier alpha value is -1.88. The molecule has 1 spiro atoms. The predicted molar refractivity (Wildman–Crippen MR) is 193 cm³/mol. The molecule has 6 rings (SSSR count). The molecule has 2 aromatic carbocycles. The average molecular weight is 690 g/mol. The van der Waals surface area contributed by atoms with Gasteiger partial charge in [0.05, 0.1) is 18.0 Å². The summed E-state index contributed by atoms with van der Waals surface area (Å²) in [6, 6.07) is 13.4. The molecule has 7 atom stereocenters. The zero-order chi connectivity index (χ0) is 33.4. The van der Waals surface area contributed by atoms with Crippen LogP contribution in [0.3, 0.4) is 0 Å². The molecule has 7 nitrogen and oxygen atoms in total. The minimum absolute atomic E-state index is 0.0808. The maximum atomic E-state index is 12.9. The first-order chi connectivity index (χ1) is 21.9. The first-order valence-corrected chi connectivity index (χ1v) is 19.2. The van der Waals surface area contributed by atoms with Crippen molar-refractivity contribution in [2.24, 2.45) is 17.8 Å². The van der Waals surface area contributed by atoms with Crippen molar-refractivity contribution >= 4 is 40.4 Å². The molecule has 2 bridgehead atoms. The summed E-state index contributed by atoms with van der Waals surface area (Å²) in [7, 11) is 4.70. The van der Waals surface area contributed by atoms with Crippen molar-refractivity contribution in [3.8, 4) is 5.75 Å². The lowest BCUT2D eigenvalue weighted by Gasteiger charge is -2.45. The zero-order valence-corrected chi connectivity index (χ0v) is 30.6. The van der Waals surface area contributed by atoms with Crippen molar-refractivity contribution in [3.63, 3.8) is 0 Å². The number of rotatable bonds is 1. The topological polar surface area (TPSA) is 82.1 Å². The quantitative estimate of drug-likeness (QED) is 0.261. The average Bonchev–Trinajstić information content (AvgIpc) is 3.01. The molecule has 6 unspecified atom stereocenters. The summed E-state index contributed by atoms with van der Waals surface area (Å²) in [4.78, 5) is 15.3. The largest absolute Gasteiger partial charge is 0.493 e. The van der Waals surface area contributed by atoms with Crippen LogP contribution in [-0.2, 0) is 22.8 Å². The molecule has 1 fully saturated rings. The number of hydrogen-bond acceptors (Lipinski definition) is 7. The van der Waals surface area contributed by atoms with Crippen LogP contribution in [0.4, 0.5) is 0 Å². The lowest BCUT2D eigenvalue weighted by atomic mass is 9.68. The molecule has 0 radical (unpaired) electrons. The molecule has 0 saturated heterocycles. The molecule has 10 heteroatoms. The van der Waals surface area contributed by atoms with E-state index in [4.69, 9.17) is 16.3 Å². The number of ether oxygens (including phenoxy) is 1. The highest BCUT2D eigenvalue weighted by Gasteiger charge is 2.41. The van der Waals surface area contributed by atoms with E-state index >= 15 is 0 Å². The fourth-order valence-electron chi connectivity index (χ4n) is 6.80. The maximum Gasteiger partial charge on any atom is 0.262 e. The Labute approximate surface area is 288 Å². The Bertz CT molecular complexity index is 1360. The van der Waals surface area contributed by atoms with Gasteiger partial charge in [-0.2, -0.15) is 0 Å². The van der Waals surface area contributed by atoms with Gasteiger partial charge in [0.2, 0.25) is 0 Å². The van der Waals surface area contributed by atoms with Crippen LogP contribution >= 0.6 is 23.5 Å². The predicted octanol–water partition coefficient (Wildman–Crippen LogP) is 6.52. The number of amides is 1. The Morgan fingerprint density at radius 2 is 1.87 bits per heavy atom. The Morgan fingerprint density at radius 1 is 1.15 bits per heavy atom. The normalized spacial score (nSPS) is 31.6. The number of likely N-dealkylation sites (N-methyl/N-ethyl adjacent to an activating group) is 1. The fourth-order valence-corrected chi connectivity index (χ4v) is 8.01. The Kier molecular flexibility index (Phi) is 13.6. The van der Waals surface area contributed by atoms with Crippen molar-refractivity contribution in [2.75, 3.05) is 47.1 Å². The molecule has 46 heavy (non-hydrogen) atoms. The first-order valence-electron chi connectivity index (χ1n) is 16.4. The number of allylic oxidation sites excluding steroid dienone is 1. The van der Waals surface area contributed by atoms with Gasteiger partial charge in [-0.25, -0.2) is 4.21 Å². The first kappa shape index (κ1) is 36.9. The number of hydrogen-bond donors (Lipinski definition) is 2. The van der Waals surface area contributed by atoms with Gasteiger partial charge in [-0.1, -0.05) is 48.7 Å². The molecule has 2 heterocycles. The second-order valence-electron chi connectivity index (χ2n) is 13.5. The third-order valence-electron chi connectivity index (χ3n) is 9.94. The van der Waals surface area contributed by atoms with E-state index in [1.807, 2.05) is 68.9 Å². The van der Waals surface area contributed by atoms with Crippen molar-refractivity contribution in [1.29, 1.82) is 0 Å². The number of benzene rings is 2. The molecule has 2 N–H and O–H groups in total. The zero-order valence-electron chi connectivity index (χ0n) is 28.2. The van der Waals surface area contributed by atoms with Gasteiger partial charge in [-0.15, -0.1) is 0 Å². The van der Waals surface area contributed by atoms with Crippen LogP contribution < -0.4 is 9.46 Å². The highest BCUT2D eigenvalue weighted by molar-refractivity contribution is 7.96. The lowest BCUT2D eigenvalue weighted by Crippen LogP contribution is -2.49. The van der Waals surface area contributed by atoms with Gasteiger partial charge < -0.3 is 14.7 Å². The van der Waals surface area contributed by atoms with Gasteiger partial charge in [0.25, 0.3) is 5.91 Å². The monoisotopic (exact) mass is 689 g/mol. The third kappa shape index (κ3) is 9.60. The number of carbonyl (C=O) groups excluding carboxylic acids is 1. The van der Waals surface area contributed by atoms with Gasteiger partial charge >= 0.3 is 0 Å². The van der Waals surface area contributed by atoms with Crippen LogP contribution in [0.15, 0.2) is 54.6 Å². The summed E-state index contributed by atoms with van der Waals surface area (Å²) in [5.41, 5.74) is 2.83. The van der Waals surface area contributed by atoms with E-state index in [0.717, 1.165) is 50.2 Å². The van der Waals surface area contributed by atoms with E-state index in [0.29, 0.717) is 30.3 Å². The van der Waals surface area contributed by atoms with Crippen molar-refractivity contribution in [1.82, 2.24) is 13.9 Å². The Balaban J connectivity index is 0.000000892. The molecular formula is C36H52ClN3O4S2. The van der Waals surface area contributed by atoms with Gasteiger partial charge in [-0.05, 0) is 138 Å². The minimum atomic E-state index is -1.52. The van der Waals surface area contributed by atoms with Crippen LogP contribution in [0.5, 0.6) is 5.75 Å². The number of carbonyl (C=O) groups is 1. The molecule has 2 aliphatic carbocycles. The molecule has 0 aromatic heterocycles.